The van der Waals surface area contributed by atoms with E-state index in [1.54, 1.807) is 18.2 Å². The topological polar surface area (TPSA) is 20.2 Å². The van der Waals surface area contributed by atoms with E-state index in [1.807, 2.05) is 0 Å². The van der Waals surface area contributed by atoms with E-state index >= 15 is 0 Å². The number of rotatable bonds is 2. The molecule has 0 amide bonds. The summed E-state index contributed by atoms with van der Waals surface area (Å²) < 4.78 is 0. The molecule has 1 aliphatic rings. The lowest BCUT2D eigenvalue weighted by Crippen LogP contribution is -2.12. The number of hydrogen-bond acceptors (Lipinski definition) is 1. The maximum atomic E-state index is 10.4. The predicted octanol–water partition coefficient (Wildman–Crippen LogP) is 5.00. The van der Waals surface area contributed by atoms with Crippen molar-refractivity contribution >= 4 is 23.2 Å². The lowest BCUT2D eigenvalue weighted by molar-refractivity contribution is 0.0989. The van der Waals surface area contributed by atoms with Crippen LogP contribution in [0.15, 0.2) is 18.2 Å². The first-order valence-electron chi connectivity index (χ1n) is 6.31. The molecule has 1 nitrogen and oxygen atoms in total. The van der Waals surface area contributed by atoms with Gasteiger partial charge in [-0.25, -0.2) is 0 Å². The molecule has 1 aromatic carbocycles. The molecule has 17 heavy (non-hydrogen) atoms. The van der Waals surface area contributed by atoms with E-state index in [9.17, 15) is 5.11 Å². The summed E-state index contributed by atoms with van der Waals surface area (Å²) >= 11 is 12.1. The normalized spacial score (nSPS) is 19.9. The van der Waals surface area contributed by atoms with Crippen molar-refractivity contribution in [2.24, 2.45) is 5.92 Å². The molecule has 1 aromatic rings. The molecular formula is C14H18Cl2O. The largest absolute Gasteiger partial charge is 0.388 e. The maximum absolute atomic E-state index is 10.4. The van der Waals surface area contributed by atoms with E-state index in [0.717, 1.165) is 18.4 Å². The molecule has 94 valence electrons. The van der Waals surface area contributed by atoms with Gasteiger partial charge < -0.3 is 5.11 Å². The summed E-state index contributed by atoms with van der Waals surface area (Å²) in [7, 11) is 0. The molecule has 1 saturated carbocycles. The summed E-state index contributed by atoms with van der Waals surface area (Å²) in [5, 5.41) is 11.7. The molecule has 0 bridgehead atoms. The van der Waals surface area contributed by atoms with E-state index in [-0.39, 0.29) is 0 Å². The molecule has 1 fully saturated rings. The average Bonchev–Trinajstić information content (AvgIpc) is 2.60. The Bertz CT molecular complexity index is 370. The Labute approximate surface area is 113 Å². The number of halogens is 2. The van der Waals surface area contributed by atoms with E-state index in [1.165, 1.54) is 25.7 Å². The molecule has 0 radical (unpaired) electrons. The van der Waals surface area contributed by atoms with Crippen LogP contribution >= 0.6 is 23.2 Å². The monoisotopic (exact) mass is 272 g/mol. The van der Waals surface area contributed by atoms with Crippen LogP contribution in [0.4, 0.5) is 0 Å². The summed E-state index contributed by atoms with van der Waals surface area (Å²) in [6.45, 7) is 0. The highest BCUT2D eigenvalue weighted by atomic mass is 35.5. The van der Waals surface area contributed by atoms with Crippen molar-refractivity contribution in [3.8, 4) is 0 Å². The van der Waals surface area contributed by atoms with Crippen LogP contribution < -0.4 is 0 Å². The Morgan fingerprint density at radius 2 is 1.71 bits per heavy atom. The van der Waals surface area contributed by atoms with E-state index in [4.69, 9.17) is 23.2 Å². The molecule has 0 aromatic heterocycles. The van der Waals surface area contributed by atoms with Crippen LogP contribution in [0.2, 0.25) is 10.0 Å². The predicted molar refractivity (Wildman–Crippen MR) is 72.6 cm³/mol. The Kier molecular flexibility index (Phi) is 4.72. The minimum Gasteiger partial charge on any atom is -0.388 e. The number of aliphatic hydroxyl groups is 1. The summed E-state index contributed by atoms with van der Waals surface area (Å²) in [5.41, 5.74) is 0.783. The molecule has 0 aliphatic heterocycles. The van der Waals surface area contributed by atoms with Gasteiger partial charge in [0.25, 0.3) is 0 Å². The van der Waals surface area contributed by atoms with Crippen LogP contribution in [0.1, 0.15) is 50.2 Å². The molecule has 1 N–H and O–H groups in total. The molecule has 0 saturated heterocycles. The van der Waals surface area contributed by atoms with Crippen LogP contribution in [0.25, 0.3) is 0 Å². The highest BCUT2D eigenvalue weighted by Gasteiger charge is 2.23. The second kappa shape index (κ2) is 6.08. The van der Waals surface area contributed by atoms with Gasteiger partial charge in [0.15, 0.2) is 0 Å². The fourth-order valence-electron chi connectivity index (χ4n) is 2.62. The zero-order valence-corrected chi connectivity index (χ0v) is 11.3. The minimum atomic E-state index is -0.473. The number of hydrogen-bond donors (Lipinski definition) is 1. The van der Waals surface area contributed by atoms with Gasteiger partial charge in [-0.05, 0) is 37.0 Å². The van der Waals surface area contributed by atoms with Gasteiger partial charge in [0.2, 0.25) is 0 Å². The Morgan fingerprint density at radius 1 is 1.06 bits per heavy atom. The van der Waals surface area contributed by atoms with Gasteiger partial charge in [-0.1, -0.05) is 48.9 Å². The summed E-state index contributed by atoms with van der Waals surface area (Å²) in [5.74, 6) is 0.327. The maximum Gasteiger partial charge on any atom is 0.0833 e. The SMILES string of the molecule is OC(c1cc(Cl)ccc1Cl)C1CCCCCC1. The standard InChI is InChI=1S/C14H18Cl2O/c15-11-7-8-13(16)12(9-11)14(17)10-5-3-1-2-4-6-10/h7-10,14,17H,1-6H2. The van der Waals surface area contributed by atoms with Gasteiger partial charge in [0.05, 0.1) is 6.10 Å². The lowest BCUT2D eigenvalue weighted by Gasteiger charge is -2.22. The molecule has 1 unspecified atom stereocenters. The molecule has 1 atom stereocenters. The van der Waals surface area contributed by atoms with Gasteiger partial charge in [-0.2, -0.15) is 0 Å². The third-order valence-corrected chi connectivity index (χ3v) is 4.20. The van der Waals surface area contributed by atoms with Crippen molar-refractivity contribution in [1.82, 2.24) is 0 Å². The second-order valence-corrected chi connectivity index (χ2v) is 5.71. The smallest absolute Gasteiger partial charge is 0.0833 e. The Hall–Kier alpha value is -0.240. The quantitative estimate of drug-likeness (QED) is 0.752. The van der Waals surface area contributed by atoms with Crippen molar-refractivity contribution in [3.05, 3.63) is 33.8 Å². The van der Waals surface area contributed by atoms with E-state index in [0.29, 0.717) is 16.0 Å². The van der Waals surface area contributed by atoms with Gasteiger partial charge in [-0.15, -0.1) is 0 Å². The van der Waals surface area contributed by atoms with Crippen molar-refractivity contribution < 1.29 is 5.11 Å². The summed E-state index contributed by atoms with van der Waals surface area (Å²) in [6, 6.07) is 5.31. The van der Waals surface area contributed by atoms with Crippen LogP contribution in [-0.4, -0.2) is 5.11 Å². The molecule has 2 rings (SSSR count). The van der Waals surface area contributed by atoms with Gasteiger partial charge in [-0.3, -0.25) is 0 Å². The molecule has 0 spiro atoms. The average molecular weight is 273 g/mol. The zero-order chi connectivity index (χ0) is 12.3. The van der Waals surface area contributed by atoms with Crippen molar-refractivity contribution in [2.75, 3.05) is 0 Å². The first kappa shape index (κ1) is 13.2. The zero-order valence-electron chi connectivity index (χ0n) is 9.83. The highest BCUT2D eigenvalue weighted by Crippen LogP contribution is 2.37. The van der Waals surface area contributed by atoms with Crippen LogP contribution in [0.3, 0.4) is 0 Å². The fourth-order valence-corrected chi connectivity index (χ4v) is 3.03. The minimum absolute atomic E-state index is 0.327. The third kappa shape index (κ3) is 3.37. The van der Waals surface area contributed by atoms with E-state index in [2.05, 4.69) is 0 Å². The second-order valence-electron chi connectivity index (χ2n) is 4.86. The van der Waals surface area contributed by atoms with Crippen molar-refractivity contribution in [2.45, 2.75) is 44.6 Å². The Morgan fingerprint density at radius 3 is 2.35 bits per heavy atom. The van der Waals surface area contributed by atoms with Gasteiger partial charge in [0.1, 0.15) is 0 Å². The van der Waals surface area contributed by atoms with E-state index < -0.39 is 6.10 Å². The first-order chi connectivity index (χ1) is 8.18. The highest BCUT2D eigenvalue weighted by molar-refractivity contribution is 6.33. The molecule has 3 heteroatoms. The summed E-state index contributed by atoms with van der Waals surface area (Å²) in [6.07, 6.45) is 6.69. The first-order valence-corrected chi connectivity index (χ1v) is 7.07. The summed E-state index contributed by atoms with van der Waals surface area (Å²) in [4.78, 5) is 0. The van der Waals surface area contributed by atoms with Crippen LogP contribution in [-0.2, 0) is 0 Å². The lowest BCUT2D eigenvalue weighted by atomic mass is 9.89. The van der Waals surface area contributed by atoms with Gasteiger partial charge in [0, 0.05) is 15.6 Å². The Balaban J connectivity index is 2.16. The third-order valence-electron chi connectivity index (χ3n) is 3.62. The molecule has 0 heterocycles. The van der Waals surface area contributed by atoms with Crippen molar-refractivity contribution in [3.63, 3.8) is 0 Å². The number of benzene rings is 1. The number of aliphatic hydroxyl groups excluding tert-OH is 1. The van der Waals surface area contributed by atoms with Gasteiger partial charge >= 0.3 is 0 Å². The van der Waals surface area contributed by atoms with Crippen LogP contribution in [0.5, 0.6) is 0 Å². The molecule has 1 aliphatic carbocycles. The van der Waals surface area contributed by atoms with Crippen molar-refractivity contribution in [1.29, 1.82) is 0 Å². The fraction of sp³-hybridized carbons (Fsp3) is 0.571. The van der Waals surface area contributed by atoms with Crippen LogP contribution in [0, 0.1) is 5.92 Å². The molecular weight excluding hydrogens is 255 g/mol.